The van der Waals surface area contributed by atoms with Gasteiger partial charge in [-0.25, -0.2) is 8.91 Å². The number of nitrogens with zero attached hydrogens (tertiary/aromatic N) is 4. The lowest BCUT2D eigenvalue weighted by Crippen LogP contribution is -2.28. The van der Waals surface area contributed by atoms with Crippen molar-refractivity contribution in [2.24, 2.45) is 10.9 Å². The molecule has 0 amide bonds. The Kier molecular flexibility index (Phi) is 5.31. The maximum Gasteiger partial charge on any atom is 0.247 e. The predicted octanol–water partition coefficient (Wildman–Crippen LogP) is 2.54. The molecule has 1 saturated heterocycles. The lowest BCUT2D eigenvalue weighted by Gasteiger charge is -2.22. The molecule has 3 aromatic rings. The van der Waals surface area contributed by atoms with Crippen molar-refractivity contribution in [2.45, 2.75) is 39.2 Å². The monoisotopic (exact) mass is 423 g/mol. The number of halogens is 1. The molecule has 1 N–H and O–H groups in total. The molecule has 8 heteroatoms. The topological polar surface area (TPSA) is 73.0 Å². The van der Waals surface area contributed by atoms with Gasteiger partial charge in [0.25, 0.3) is 0 Å². The maximum atomic E-state index is 15.0. The summed E-state index contributed by atoms with van der Waals surface area (Å²) in [4.78, 5) is 8.65. The Labute approximate surface area is 179 Å². The number of rotatable bonds is 6. The molecule has 0 bridgehead atoms. The van der Waals surface area contributed by atoms with Crippen LogP contribution in [0.3, 0.4) is 0 Å². The summed E-state index contributed by atoms with van der Waals surface area (Å²) >= 11 is 0. The Morgan fingerprint density at radius 3 is 2.90 bits per heavy atom. The first-order valence-electron chi connectivity index (χ1n) is 10.8. The fourth-order valence-electron chi connectivity index (χ4n) is 4.35. The molecule has 162 valence electrons. The van der Waals surface area contributed by atoms with Crippen molar-refractivity contribution in [3.8, 4) is 17.4 Å². The van der Waals surface area contributed by atoms with Crippen molar-refractivity contribution in [3.63, 3.8) is 0 Å². The second-order valence-corrected chi connectivity index (χ2v) is 8.26. The summed E-state index contributed by atoms with van der Waals surface area (Å²) in [5.41, 5.74) is 1.54. The fraction of sp³-hybridized carbons (Fsp3) is 0.435. The summed E-state index contributed by atoms with van der Waals surface area (Å²) in [5, 5.41) is 8.79. The van der Waals surface area contributed by atoms with E-state index in [1.807, 2.05) is 20.0 Å². The average Bonchev–Trinajstić information content (AvgIpc) is 3.31. The van der Waals surface area contributed by atoms with Crippen molar-refractivity contribution in [3.05, 3.63) is 46.6 Å². The Balaban J connectivity index is 1.39. The number of ether oxygens (including phenoxy) is 2. The number of aromatic nitrogens is 3. The highest BCUT2D eigenvalue weighted by Gasteiger charge is 2.19. The van der Waals surface area contributed by atoms with Crippen molar-refractivity contribution in [2.75, 3.05) is 19.7 Å². The zero-order valence-corrected chi connectivity index (χ0v) is 17.8. The molecule has 0 aliphatic carbocycles. The van der Waals surface area contributed by atoms with Crippen LogP contribution in [-0.4, -0.2) is 40.3 Å². The second-order valence-electron chi connectivity index (χ2n) is 8.26. The normalized spacial score (nSPS) is 18.5. The Hall–Kier alpha value is -3.00. The van der Waals surface area contributed by atoms with E-state index in [2.05, 4.69) is 20.4 Å². The number of benzene rings is 1. The number of hydrogen-bond donors (Lipinski definition) is 1. The van der Waals surface area contributed by atoms with Gasteiger partial charge in [0, 0.05) is 10.8 Å². The van der Waals surface area contributed by atoms with Crippen LogP contribution in [0.2, 0.25) is 0 Å². The van der Waals surface area contributed by atoms with Gasteiger partial charge >= 0.3 is 0 Å². The predicted molar refractivity (Wildman–Crippen MR) is 115 cm³/mol. The summed E-state index contributed by atoms with van der Waals surface area (Å²) in [5.74, 6) is 1.43. The highest BCUT2D eigenvalue weighted by atomic mass is 19.1. The minimum atomic E-state index is -0.426. The molecule has 1 fully saturated rings. The molecule has 1 aromatic carbocycles. The summed E-state index contributed by atoms with van der Waals surface area (Å²) in [7, 11) is 0. The van der Waals surface area contributed by atoms with Crippen LogP contribution in [0.15, 0.2) is 29.6 Å². The van der Waals surface area contributed by atoms with Crippen LogP contribution < -0.4 is 25.4 Å². The quantitative estimate of drug-likeness (QED) is 0.660. The van der Waals surface area contributed by atoms with E-state index >= 15 is 0 Å². The zero-order chi connectivity index (χ0) is 21.4. The van der Waals surface area contributed by atoms with Gasteiger partial charge in [-0.3, -0.25) is 4.99 Å². The van der Waals surface area contributed by atoms with Crippen LogP contribution in [0.4, 0.5) is 4.39 Å². The molecular weight excluding hydrogens is 397 g/mol. The van der Waals surface area contributed by atoms with Gasteiger partial charge in [-0.1, -0.05) is 0 Å². The Morgan fingerprint density at radius 1 is 1.23 bits per heavy atom. The van der Waals surface area contributed by atoms with E-state index in [1.54, 1.807) is 22.7 Å². The lowest BCUT2D eigenvalue weighted by molar-refractivity contribution is 0.251. The third kappa shape index (κ3) is 3.87. The molecule has 1 atom stereocenters. The van der Waals surface area contributed by atoms with E-state index in [4.69, 9.17) is 9.47 Å². The maximum absolute atomic E-state index is 15.0. The molecule has 0 saturated carbocycles. The molecule has 2 aliphatic rings. The Bertz CT molecular complexity index is 1230. The molecule has 31 heavy (non-hydrogen) atoms. The van der Waals surface area contributed by atoms with Crippen molar-refractivity contribution >= 4 is 11.6 Å². The van der Waals surface area contributed by atoms with Crippen molar-refractivity contribution in [1.29, 1.82) is 0 Å². The van der Waals surface area contributed by atoms with E-state index in [0.29, 0.717) is 34.5 Å². The summed E-state index contributed by atoms with van der Waals surface area (Å²) in [6, 6.07) is 3.33. The molecule has 5 rings (SSSR count). The third-order valence-corrected chi connectivity index (χ3v) is 6.07. The highest BCUT2D eigenvalue weighted by Crippen LogP contribution is 2.32. The Morgan fingerprint density at radius 2 is 2.06 bits per heavy atom. The van der Waals surface area contributed by atoms with E-state index in [9.17, 15) is 4.39 Å². The lowest BCUT2D eigenvalue weighted by atomic mass is 9.95. The smallest absolute Gasteiger partial charge is 0.247 e. The summed E-state index contributed by atoms with van der Waals surface area (Å²) in [6.07, 6.45) is 8.44. The first-order valence-corrected chi connectivity index (χ1v) is 10.8. The summed E-state index contributed by atoms with van der Waals surface area (Å²) < 4.78 is 28.6. The molecule has 2 aromatic heterocycles. The van der Waals surface area contributed by atoms with E-state index in [-0.39, 0.29) is 11.8 Å². The molecule has 4 heterocycles. The standard InChI is InChI=1S/C23H26FN5O2/c1-14-11-17-18(28-14)3-4-19(21(17)24)31-23-22-15(2)20(12-29(22)27-13-26-23)30-10-7-16-5-8-25-9-6-16/h3-4,11-14,16,25H,5-10H2,1-2H3. The van der Waals surface area contributed by atoms with Gasteiger partial charge in [0.2, 0.25) is 5.88 Å². The minimum absolute atomic E-state index is 0.0389. The number of fused-ring (bicyclic) bond motifs is 2. The average molecular weight is 423 g/mol. The third-order valence-electron chi connectivity index (χ3n) is 6.07. The zero-order valence-electron chi connectivity index (χ0n) is 17.8. The first kappa shape index (κ1) is 19.9. The van der Waals surface area contributed by atoms with Gasteiger partial charge in [-0.2, -0.15) is 10.1 Å². The van der Waals surface area contributed by atoms with Crippen LogP contribution in [-0.2, 0) is 0 Å². The van der Waals surface area contributed by atoms with Gasteiger partial charge in [0.15, 0.2) is 11.6 Å². The molecule has 0 spiro atoms. The van der Waals surface area contributed by atoms with E-state index in [1.165, 1.54) is 19.2 Å². The highest BCUT2D eigenvalue weighted by molar-refractivity contribution is 5.67. The van der Waals surface area contributed by atoms with Gasteiger partial charge in [0.05, 0.1) is 24.2 Å². The van der Waals surface area contributed by atoms with E-state index in [0.717, 1.165) is 30.8 Å². The molecular formula is C23H26FN5O2. The molecule has 2 aliphatic heterocycles. The van der Waals surface area contributed by atoms with Gasteiger partial charge in [0.1, 0.15) is 17.6 Å². The molecule has 7 nitrogen and oxygen atoms in total. The first-order chi connectivity index (χ1) is 15.1. The second kappa shape index (κ2) is 8.26. The largest absolute Gasteiger partial charge is 0.492 e. The summed E-state index contributed by atoms with van der Waals surface area (Å²) in [6.45, 7) is 6.69. The van der Waals surface area contributed by atoms with Crippen molar-refractivity contribution in [1.82, 2.24) is 19.9 Å². The van der Waals surface area contributed by atoms with Crippen LogP contribution >= 0.6 is 0 Å². The molecule has 0 radical (unpaired) electrons. The van der Waals surface area contributed by atoms with Crippen LogP contribution in [0.25, 0.3) is 11.6 Å². The van der Waals surface area contributed by atoms with E-state index < -0.39 is 5.82 Å². The minimum Gasteiger partial charge on any atom is -0.492 e. The molecule has 1 unspecified atom stereocenters. The van der Waals surface area contributed by atoms with Crippen molar-refractivity contribution < 1.29 is 13.9 Å². The number of nitrogens with one attached hydrogen (secondary N) is 1. The van der Waals surface area contributed by atoms with Crippen LogP contribution in [0.5, 0.6) is 17.4 Å². The van der Waals surface area contributed by atoms with Gasteiger partial charge < -0.3 is 14.8 Å². The van der Waals surface area contributed by atoms with Gasteiger partial charge in [-0.05, 0) is 70.3 Å². The van der Waals surface area contributed by atoms with Crippen LogP contribution in [0.1, 0.15) is 31.7 Å². The van der Waals surface area contributed by atoms with Crippen LogP contribution in [0, 0.1) is 18.7 Å². The van der Waals surface area contributed by atoms with Gasteiger partial charge in [-0.15, -0.1) is 0 Å². The SMILES string of the molecule is Cc1c(OCCC2CCNCC2)cn2ncnc(Oc3ccc4c(c3F)=CC(C)N=4)c12. The number of piperidine rings is 1. The number of aryl methyl sites for hydroxylation is 1. The fourth-order valence-corrected chi connectivity index (χ4v) is 4.35. The number of hydrogen-bond acceptors (Lipinski definition) is 6.